The van der Waals surface area contributed by atoms with Gasteiger partial charge >= 0.3 is 0 Å². The molecule has 1 aromatic rings. The first-order valence-corrected chi connectivity index (χ1v) is 5.66. The van der Waals surface area contributed by atoms with Gasteiger partial charge in [-0.3, -0.25) is 0 Å². The Morgan fingerprint density at radius 2 is 2.20 bits per heavy atom. The molecule has 2 heterocycles. The Morgan fingerprint density at radius 3 is 3.00 bits per heavy atom. The van der Waals surface area contributed by atoms with E-state index in [4.69, 9.17) is 9.15 Å². The topological polar surface area (TPSA) is 22.4 Å². The van der Waals surface area contributed by atoms with E-state index < -0.39 is 0 Å². The van der Waals surface area contributed by atoms with E-state index in [-0.39, 0.29) is 0 Å². The highest BCUT2D eigenvalue weighted by Crippen LogP contribution is 2.44. The van der Waals surface area contributed by atoms with Crippen LogP contribution in [0.25, 0.3) is 0 Å². The van der Waals surface area contributed by atoms with Gasteiger partial charge in [0.25, 0.3) is 0 Å². The van der Waals surface area contributed by atoms with Crippen LogP contribution >= 0.6 is 0 Å². The summed E-state index contributed by atoms with van der Waals surface area (Å²) in [5.41, 5.74) is 0. The molecule has 1 aliphatic heterocycles. The molecule has 80 valence electrons. The maximum atomic E-state index is 5.58. The minimum atomic E-state index is 0.498. The van der Waals surface area contributed by atoms with Crippen LogP contribution in [0.4, 0.5) is 0 Å². The highest BCUT2D eigenvalue weighted by atomic mass is 16.5. The molecule has 1 fully saturated rings. The van der Waals surface area contributed by atoms with Gasteiger partial charge in [0.15, 0.2) is 0 Å². The molecule has 3 rings (SSSR count). The van der Waals surface area contributed by atoms with Crippen molar-refractivity contribution in [2.75, 3.05) is 13.2 Å². The van der Waals surface area contributed by atoms with Crippen molar-refractivity contribution in [2.24, 2.45) is 17.8 Å². The summed E-state index contributed by atoms with van der Waals surface area (Å²) in [5, 5.41) is 0. The van der Waals surface area contributed by atoms with Crippen molar-refractivity contribution in [3.63, 3.8) is 0 Å². The van der Waals surface area contributed by atoms with Crippen LogP contribution in [0.15, 0.2) is 35.0 Å². The molecule has 0 amide bonds. The average Bonchev–Trinajstić information content (AvgIpc) is 2.85. The Balaban J connectivity index is 1.95. The summed E-state index contributed by atoms with van der Waals surface area (Å²) >= 11 is 0. The van der Waals surface area contributed by atoms with Gasteiger partial charge in [0.05, 0.1) is 19.5 Å². The van der Waals surface area contributed by atoms with Crippen LogP contribution in [-0.4, -0.2) is 13.2 Å². The zero-order chi connectivity index (χ0) is 10.3. The van der Waals surface area contributed by atoms with E-state index in [0.29, 0.717) is 23.7 Å². The third-order valence-corrected chi connectivity index (χ3v) is 3.73. The highest BCUT2D eigenvalue weighted by molar-refractivity contribution is 5.18. The van der Waals surface area contributed by atoms with Crippen molar-refractivity contribution in [1.29, 1.82) is 0 Å². The number of ether oxygens (including phenoxy) is 1. The number of furan rings is 1. The lowest BCUT2D eigenvalue weighted by atomic mass is 9.71. The normalized spacial score (nSPS) is 39.3. The average molecular weight is 204 g/mol. The number of rotatable bonds is 1. The second kappa shape index (κ2) is 3.53. The van der Waals surface area contributed by atoms with Gasteiger partial charge < -0.3 is 9.15 Å². The fourth-order valence-corrected chi connectivity index (χ4v) is 2.93. The first-order valence-electron chi connectivity index (χ1n) is 5.66. The summed E-state index contributed by atoms with van der Waals surface area (Å²) in [5.74, 6) is 3.37. The van der Waals surface area contributed by atoms with Crippen LogP contribution in [0.1, 0.15) is 18.6 Å². The molecular formula is C13H16O2. The molecule has 1 saturated heterocycles. The van der Waals surface area contributed by atoms with Crippen LogP contribution in [0.3, 0.4) is 0 Å². The lowest BCUT2D eigenvalue weighted by Crippen LogP contribution is -2.27. The Bertz CT molecular complexity index is 353. The molecular weight excluding hydrogens is 188 g/mol. The number of hydrogen-bond acceptors (Lipinski definition) is 2. The van der Waals surface area contributed by atoms with Crippen LogP contribution < -0.4 is 0 Å². The lowest BCUT2D eigenvalue weighted by molar-refractivity contribution is 0.173. The van der Waals surface area contributed by atoms with Crippen molar-refractivity contribution in [3.8, 4) is 0 Å². The number of allylic oxidation sites excluding steroid dienone is 1. The van der Waals surface area contributed by atoms with Crippen LogP contribution in [0.5, 0.6) is 0 Å². The molecule has 1 aromatic heterocycles. The van der Waals surface area contributed by atoms with Crippen LogP contribution in [-0.2, 0) is 4.74 Å². The summed E-state index contributed by atoms with van der Waals surface area (Å²) in [6.45, 7) is 4.02. The molecule has 0 N–H and O–H groups in total. The quantitative estimate of drug-likeness (QED) is 0.656. The van der Waals surface area contributed by atoms with E-state index in [0.717, 1.165) is 19.0 Å². The van der Waals surface area contributed by atoms with E-state index in [1.54, 1.807) is 6.26 Å². The molecule has 2 heteroatoms. The predicted molar refractivity (Wildman–Crippen MR) is 57.6 cm³/mol. The van der Waals surface area contributed by atoms with Crippen molar-refractivity contribution < 1.29 is 9.15 Å². The van der Waals surface area contributed by atoms with Gasteiger partial charge in [0.2, 0.25) is 0 Å². The SMILES string of the molecule is C[C@@H]1C=C[C@@H]2COC[C@@H]2[C@H]1c1ccco1. The maximum absolute atomic E-state index is 5.58. The second-order valence-corrected chi connectivity index (χ2v) is 4.65. The summed E-state index contributed by atoms with van der Waals surface area (Å²) in [7, 11) is 0. The molecule has 1 aliphatic carbocycles. The number of hydrogen-bond donors (Lipinski definition) is 0. The fourth-order valence-electron chi connectivity index (χ4n) is 2.93. The first-order chi connectivity index (χ1) is 7.36. The largest absolute Gasteiger partial charge is 0.469 e. The van der Waals surface area contributed by atoms with Gasteiger partial charge in [0.1, 0.15) is 5.76 Å². The molecule has 0 bridgehead atoms. The molecule has 0 aromatic carbocycles. The molecule has 0 saturated carbocycles. The van der Waals surface area contributed by atoms with Crippen molar-refractivity contribution in [2.45, 2.75) is 12.8 Å². The third-order valence-electron chi connectivity index (χ3n) is 3.73. The van der Waals surface area contributed by atoms with Gasteiger partial charge in [-0.15, -0.1) is 0 Å². The first kappa shape index (κ1) is 9.22. The summed E-state index contributed by atoms with van der Waals surface area (Å²) in [6, 6.07) is 4.07. The Labute approximate surface area is 89.9 Å². The van der Waals surface area contributed by atoms with E-state index in [2.05, 4.69) is 25.1 Å². The monoisotopic (exact) mass is 204 g/mol. The minimum Gasteiger partial charge on any atom is -0.469 e. The van der Waals surface area contributed by atoms with Crippen molar-refractivity contribution >= 4 is 0 Å². The summed E-state index contributed by atoms with van der Waals surface area (Å²) in [4.78, 5) is 0. The van der Waals surface area contributed by atoms with Crippen molar-refractivity contribution in [1.82, 2.24) is 0 Å². The van der Waals surface area contributed by atoms with Crippen LogP contribution in [0.2, 0.25) is 0 Å². The molecule has 2 aliphatic rings. The highest BCUT2D eigenvalue weighted by Gasteiger charge is 2.40. The standard InChI is InChI=1S/C13H16O2/c1-9-4-5-10-7-14-8-11(10)13(9)12-3-2-6-15-12/h2-6,9-11,13H,7-8H2,1H3/t9-,10-,11+,13+/m1/s1. The molecule has 4 atom stereocenters. The van der Waals surface area contributed by atoms with Crippen molar-refractivity contribution in [3.05, 3.63) is 36.3 Å². The van der Waals surface area contributed by atoms with Crippen LogP contribution in [0, 0.1) is 17.8 Å². The fraction of sp³-hybridized carbons (Fsp3) is 0.538. The molecule has 0 spiro atoms. The Hall–Kier alpha value is -1.02. The van der Waals surface area contributed by atoms with E-state index in [1.165, 1.54) is 0 Å². The lowest BCUT2D eigenvalue weighted by Gasteiger charge is -2.31. The van der Waals surface area contributed by atoms with Gasteiger partial charge in [0, 0.05) is 17.8 Å². The number of fused-ring (bicyclic) bond motifs is 1. The zero-order valence-corrected chi connectivity index (χ0v) is 8.93. The zero-order valence-electron chi connectivity index (χ0n) is 8.93. The Morgan fingerprint density at radius 1 is 1.27 bits per heavy atom. The van der Waals surface area contributed by atoms with Gasteiger partial charge in [-0.2, -0.15) is 0 Å². The maximum Gasteiger partial charge on any atom is 0.107 e. The molecule has 15 heavy (non-hydrogen) atoms. The van der Waals surface area contributed by atoms with Gasteiger partial charge in [-0.05, 0) is 18.1 Å². The van der Waals surface area contributed by atoms with Gasteiger partial charge in [-0.25, -0.2) is 0 Å². The minimum absolute atomic E-state index is 0.498. The molecule has 2 nitrogen and oxygen atoms in total. The molecule has 0 radical (unpaired) electrons. The summed E-state index contributed by atoms with van der Waals surface area (Å²) in [6.07, 6.45) is 6.40. The van der Waals surface area contributed by atoms with Gasteiger partial charge in [-0.1, -0.05) is 19.1 Å². The predicted octanol–water partition coefficient (Wildman–Crippen LogP) is 2.83. The molecule has 0 unspecified atom stereocenters. The smallest absolute Gasteiger partial charge is 0.107 e. The third kappa shape index (κ3) is 1.44. The Kier molecular flexibility index (Phi) is 2.17. The van der Waals surface area contributed by atoms with E-state index in [1.807, 2.05) is 6.07 Å². The second-order valence-electron chi connectivity index (χ2n) is 4.65. The van der Waals surface area contributed by atoms with E-state index in [9.17, 15) is 0 Å². The van der Waals surface area contributed by atoms with E-state index >= 15 is 0 Å². The summed E-state index contributed by atoms with van der Waals surface area (Å²) < 4.78 is 11.1.